The lowest BCUT2D eigenvalue weighted by molar-refractivity contribution is -0.113. The van der Waals surface area contributed by atoms with E-state index < -0.39 is 10.0 Å². The Morgan fingerprint density at radius 1 is 1.14 bits per heavy atom. The van der Waals surface area contributed by atoms with Gasteiger partial charge in [-0.15, -0.1) is 10.2 Å². The molecule has 1 fully saturated rings. The highest BCUT2D eigenvalue weighted by molar-refractivity contribution is 7.99. The summed E-state index contributed by atoms with van der Waals surface area (Å²) < 4.78 is 38.6. The van der Waals surface area contributed by atoms with E-state index in [2.05, 4.69) is 27.3 Å². The largest absolute Gasteiger partial charge is 0.325 e. The lowest BCUT2D eigenvalue weighted by Gasteiger charge is -2.31. The summed E-state index contributed by atoms with van der Waals surface area (Å²) in [6.07, 6.45) is 3.47. The zero-order chi connectivity index (χ0) is 25.0. The maximum Gasteiger partial charge on any atom is 0.238 e. The molecule has 3 N–H and O–H groups in total. The van der Waals surface area contributed by atoms with Crippen molar-refractivity contribution < 1.29 is 17.6 Å². The summed E-state index contributed by atoms with van der Waals surface area (Å²) in [5.74, 6) is 0.0442. The van der Waals surface area contributed by atoms with Gasteiger partial charge < -0.3 is 5.32 Å². The number of thioether (sulfide) groups is 1. The van der Waals surface area contributed by atoms with Gasteiger partial charge in [-0.25, -0.2) is 17.9 Å². The predicted molar refractivity (Wildman–Crippen MR) is 132 cm³/mol. The summed E-state index contributed by atoms with van der Waals surface area (Å²) >= 11 is 1.19. The van der Waals surface area contributed by atoms with Gasteiger partial charge >= 0.3 is 0 Å². The third kappa shape index (κ3) is 6.26. The van der Waals surface area contributed by atoms with Crippen LogP contribution in [0.2, 0.25) is 0 Å². The van der Waals surface area contributed by atoms with E-state index in [4.69, 9.17) is 5.14 Å². The van der Waals surface area contributed by atoms with E-state index in [1.165, 1.54) is 48.5 Å². The highest BCUT2D eigenvalue weighted by atomic mass is 32.2. The number of hydrogen-bond donors (Lipinski definition) is 2. The minimum absolute atomic E-state index is 0.00280. The normalized spacial score (nSPS) is 15.6. The van der Waals surface area contributed by atoms with Crippen LogP contribution in [-0.4, -0.2) is 52.8 Å². The zero-order valence-electron chi connectivity index (χ0n) is 19.2. The number of benzene rings is 2. The van der Waals surface area contributed by atoms with Crippen LogP contribution in [0, 0.1) is 5.82 Å². The summed E-state index contributed by atoms with van der Waals surface area (Å²) in [5, 5.41) is 17.1. The van der Waals surface area contributed by atoms with E-state index in [1.54, 1.807) is 18.2 Å². The quantitative estimate of drug-likeness (QED) is 0.439. The fourth-order valence-electron chi connectivity index (χ4n) is 4.03. The molecule has 1 aliphatic heterocycles. The Morgan fingerprint density at radius 3 is 2.54 bits per heavy atom. The lowest BCUT2D eigenvalue weighted by Crippen LogP contribution is -2.33. The molecule has 0 radical (unpaired) electrons. The number of primary sulfonamides is 1. The van der Waals surface area contributed by atoms with Gasteiger partial charge in [0.25, 0.3) is 0 Å². The first-order valence-corrected chi connectivity index (χ1v) is 13.8. The Balaban J connectivity index is 1.53. The van der Waals surface area contributed by atoms with Crippen LogP contribution in [0.15, 0.2) is 58.6 Å². The molecule has 0 unspecified atom stereocenters. The molecule has 186 valence electrons. The van der Waals surface area contributed by atoms with Crippen molar-refractivity contribution in [2.75, 3.05) is 24.2 Å². The number of hydrogen-bond acceptors (Lipinski definition) is 7. The average molecular weight is 519 g/mol. The Bertz CT molecular complexity index is 1290. The van der Waals surface area contributed by atoms with Crippen LogP contribution >= 0.6 is 11.8 Å². The van der Waals surface area contributed by atoms with Crippen LogP contribution in [0.1, 0.15) is 38.1 Å². The molecule has 1 saturated heterocycles. The van der Waals surface area contributed by atoms with Gasteiger partial charge in [-0.3, -0.25) is 14.3 Å². The molecule has 12 heteroatoms. The molecule has 3 aromatic rings. The highest BCUT2D eigenvalue weighted by Gasteiger charge is 2.26. The second-order valence-electron chi connectivity index (χ2n) is 8.33. The SMILES string of the molecule is C[C@@H](c1nnc(SCC(=O)Nc2cccc(S(N)(=O)=O)c2)n1-c1ccc(F)cc1)N1CCCCC1. The fourth-order valence-corrected chi connectivity index (χ4v) is 5.34. The van der Waals surface area contributed by atoms with Gasteiger partial charge in [0.15, 0.2) is 11.0 Å². The number of carbonyl (C=O) groups is 1. The Labute approximate surface area is 208 Å². The van der Waals surface area contributed by atoms with E-state index in [-0.39, 0.29) is 28.4 Å². The number of likely N-dealkylation sites (tertiary alicyclic amines) is 1. The average Bonchev–Trinajstić information content (AvgIpc) is 3.27. The number of amides is 1. The number of nitrogens with one attached hydrogen (secondary N) is 1. The first-order valence-electron chi connectivity index (χ1n) is 11.2. The monoisotopic (exact) mass is 518 g/mol. The van der Waals surface area contributed by atoms with E-state index in [0.717, 1.165) is 31.8 Å². The number of nitrogens with zero attached hydrogens (tertiary/aromatic N) is 4. The third-order valence-electron chi connectivity index (χ3n) is 5.83. The molecule has 4 rings (SSSR count). The second kappa shape index (κ2) is 10.9. The van der Waals surface area contributed by atoms with Crippen molar-refractivity contribution >= 4 is 33.4 Å². The molecular formula is C23H27FN6O3S2. The van der Waals surface area contributed by atoms with Gasteiger partial charge in [-0.1, -0.05) is 24.2 Å². The van der Waals surface area contributed by atoms with Crippen molar-refractivity contribution in [3.8, 4) is 5.69 Å². The van der Waals surface area contributed by atoms with Gasteiger partial charge in [0.1, 0.15) is 5.82 Å². The van der Waals surface area contributed by atoms with Gasteiger partial charge in [-0.05, 0) is 75.3 Å². The first-order chi connectivity index (χ1) is 16.7. The van der Waals surface area contributed by atoms with Crippen LogP contribution in [-0.2, 0) is 14.8 Å². The Hall–Kier alpha value is -2.80. The summed E-state index contributed by atoms with van der Waals surface area (Å²) in [7, 11) is -3.88. The number of aromatic nitrogens is 3. The molecule has 0 aliphatic carbocycles. The Kier molecular flexibility index (Phi) is 7.85. The van der Waals surface area contributed by atoms with Gasteiger partial charge in [0.2, 0.25) is 15.9 Å². The first kappa shape index (κ1) is 25.3. The van der Waals surface area contributed by atoms with Crippen molar-refractivity contribution in [3.05, 3.63) is 60.2 Å². The molecule has 0 bridgehead atoms. The fraction of sp³-hybridized carbons (Fsp3) is 0.348. The third-order valence-corrected chi connectivity index (χ3v) is 7.67. The summed E-state index contributed by atoms with van der Waals surface area (Å²) in [5.41, 5.74) is 1.03. The van der Waals surface area contributed by atoms with Gasteiger partial charge in [0, 0.05) is 11.4 Å². The molecule has 1 aromatic heterocycles. The summed E-state index contributed by atoms with van der Waals surface area (Å²) in [4.78, 5) is 14.9. The molecule has 9 nitrogen and oxygen atoms in total. The standard InChI is InChI=1S/C23H27FN6O3S2/c1-16(29-12-3-2-4-13-29)22-27-28-23(30(22)19-10-8-17(24)9-11-19)34-15-21(31)26-18-6-5-7-20(14-18)35(25,32)33/h5-11,14,16H,2-4,12-13,15H2,1H3,(H,26,31)(H2,25,32,33)/t16-/m0/s1. The summed E-state index contributed by atoms with van der Waals surface area (Å²) in [6.45, 7) is 4.02. The second-order valence-corrected chi connectivity index (χ2v) is 10.8. The van der Waals surface area contributed by atoms with E-state index in [1.807, 2.05) is 4.57 Å². The molecule has 2 aromatic carbocycles. The molecule has 1 aliphatic rings. The number of sulfonamides is 1. The number of piperidine rings is 1. The lowest BCUT2D eigenvalue weighted by atomic mass is 10.1. The van der Waals surface area contributed by atoms with Crippen LogP contribution in [0.3, 0.4) is 0 Å². The van der Waals surface area contributed by atoms with E-state index in [9.17, 15) is 17.6 Å². The molecular weight excluding hydrogens is 491 g/mol. The molecule has 0 spiro atoms. The minimum Gasteiger partial charge on any atom is -0.325 e. The van der Waals surface area contributed by atoms with Crippen LogP contribution < -0.4 is 10.5 Å². The highest BCUT2D eigenvalue weighted by Crippen LogP contribution is 2.29. The predicted octanol–water partition coefficient (Wildman–Crippen LogP) is 3.33. The maximum absolute atomic E-state index is 13.6. The molecule has 2 heterocycles. The maximum atomic E-state index is 13.6. The van der Waals surface area contributed by atoms with Crippen LogP contribution in [0.25, 0.3) is 5.69 Å². The molecule has 1 amide bonds. The Morgan fingerprint density at radius 2 is 1.86 bits per heavy atom. The van der Waals surface area contributed by atoms with Crippen LogP contribution in [0.4, 0.5) is 10.1 Å². The van der Waals surface area contributed by atoms with Gasteiger partial charge in [0.05, 0.1) is 16.7 Å². The van der Waals surface area contributed by atoms with E-state index >= 15 is 0 Å². The number of rotatable bonds is 8. The smallest absolute Gasteiger partial charge is 0.238 e. The number of nitrogens with two attached hydrogens (primary N) is 1. The van der Waals surface area contributed by atoms with Crippen molar-refractivity contribution in [1.29, 1.82) is 0 Å². The van der Waals surface area contributed by atoms with Crippen molar-refractivity contribution in [3.63, 3.8) is 0 Å². The van der Waals surface area contributed by atoms with E-state index in [0.29, 0.717) is 16.5 Å². The number of halogens is 1. The molecule has 0 saturated carbocycles. The minimum atomic E-state index is -3.88. The molecule has 1 atom stereocenters. The number of carbonyl (C=O) groups excluding carboxylic acids is 1. The van der Waals surface area contributed by atoms with Crippen molar-refractivity contribution in [2.45, 2.75) is 42.3 Å². The van der Waals surface area contributed by atoms with Crippen LogP contribution in [0.5, 0.6) is 0 Å². The zero-order valence-corrected chi connectivity index (χ0v) is 20.9. The van der Waals surface area contributed by atoms with Crippen molar-refractivity contribution in [2.24, 2.45) is 5.14 Å². The van der Waals surface area contributed by atoms with Gasteiger partial charge in [-0.2, -0.15) is 0 Å². The molecule has 35 heavy (non-hydrogen) atoms. The van der Waals surface area contributed by atoms with Crippen molar-refractivity contribution in [1.82, 2.24) is 19.7 Å². The topological polar surface area (TPSA) is 123 Å². The number of anilines is 1. The summed E-state index contributed by atoms with van der Waals surface area (Å²) in [6, 6.07) is 11.8.